The molecule has 1 aromatic carbocycles. The second-order valence-electron chi connectivity index (χ2n) is 4.95. The van der Waals surface area contributed by atoms with E-state index in [2.05, 4.69) is 26.7 Å². The molecule has 1 aliphatic heterocycles. The average molecular weight is 283 g/mol. The molecule has 0 saturated carbocycles. The van der Waals surface area contributed by atoms with Gasteiger partial charge in [-0.1, -0.05) is 18.2 Å². The molecule has 0 amide bonds. The largest absolute Gasteiger partial charge is 0.488 e. The summed E-state index contributed by atoms with van der Waals surface area (Å²) in [4.78, 5) is 11.5. The van der Waals surface area contributed by atoms with E-state index in [0.29, 0.717) is 18.0 Å². The van der Waals surface area contributed by atoms with Gasteiger partial charge in [-0.25, -0.2) is 9.89 Å². The zero-order valence-electron chi connectivity index (χ0n) is 11.1. The summed E-state index contributed by atoms with van der Waals surface area (Å²) in [6.07, 6.45) is 0.942. The van der Waals surface area contributed by atoms with Crippen LogP contribution >= 0.6 is 0 Å². The molecule has 3 aromatic rings. The quantitative estimate of drug-likeness (QED) is 0.744. The van der Waals surface area contributed by atoms with Gasteiger partial charge >= 0.3 is 5.69 Å². The lowest BCUT2D eigenvalue weighted by Gasteiger charge is -2.12. The van der Waals surface area contributed by atoms with Crippen molar-refractivity contribution in [3.8, 4) is 5.75 Å². The number of para-hydroxylation sites is 1. The van der Waals surface area contributed by atoms with Crippen molar-refractivity contribution in [3.63, 3.8) is 0 Å². The van der Waals surface area contributed by atoms with Crippen LogP contribution in [0.15, 0.2) is 41.2 Å². The van der Waals surface area contributed by atoms with Crippen LogP contribution in [0.4, 0.5) is 5.82 Å². The predicted molar refractivity (Wildman–Crippen MR) is 76.7 cm³/mol. The van der Waals surface area contributed by atoms with Crippen LogP contribution in [0.2, 0.25) is 0 Å². The number of rotatable bonds is 3. The first-order valence-corrected chi connectivity index (χ1v) is 6.72. The maximum absolute atomic E-state index is 11.5. The van der Waals surface area contributed by atoms with Crippen molar-refractivity contribution < 1.29 is 4.74 Å². The molecule has 2 N–H and O–H groups in total. The second-order valence-corrected chi connectivity index (χ2v) is 4.95. The van der Waals surface area contributed by atoms with Crippen molar-refractivity contribution in [1.29, 1.82) is 0 Å². The first kappa shape index (κ1) is 12.0. The monoisotopic (exact) mass is 283 g/mol. The molecule has 7 nitrogen and oxygen atoms in total. The minimum Gasteiger partial charge on any atom is -0.488 e. The number of aromatic amines is 1. The molecule has 3 heterocycles. The van der Waals surface area contributed by atoms with Crippen molar-refractivity contribution >= 4 is 11.5 Å². The number of aromatic nitrogens is 4. The van der Waals surface area contributed by atoms with Gasteiger partial charge < -0.3 is 10.1 Å². The maximum Gasteiger partial charge on any atom is 0.364 e. The summed E-state index contributed by atoms with van der Waals surface area (Å²) in [6.45, 7) is 0.625. The van der Waals surface area contributed by atoms with Crippen LogP contribution < -0.4 is 15.7 Å². The fraction of sp³-hybridized carbons (Fsp3) is 0.214. The molecule has 1 unspecified atom stereocenters. The number of anilines is 1. The highest BCUT2D eigenvalue weighted by Gasteiger charge is 2.22. The first-order valence-electron chi connectivity index (χ1n) is 6.72. The summed E-state index contributed by atoms with van der Waals surface area (Å²) < 4.78 is 7.08. The van der Waals surface area contributed by atoms with Crippen LogP contribution in [0.5, 0.6) is 5.75 Å². The Balaban J connectivity index is 1.47. The Morgan fingerprint density at radius 1 is 1.33 bits per heavy atom. The van der Waals surface area contributed by atoms with Crippen molar-refractivity contribution in [3.05, 3.63) is 52.4 Å². The molecule has 106 valence electrons. The molecule has 0 aliphatic carbocycles. The van der Waals surface area contributed by atoms with Gasteiger partial charge in [0, 0.05) is 6.42 Å². The molecule has 1 aliphatic rings. The Hall–Kier alpha value is -2.83. The van der Waals surface area contributed by atoms with E-state index >= 15 is 0 Å². The van der Waals surface area contributed by atoms with Gasteiger partial charge in [-0.15, -0.1) is 5.10 Å². The number of benzene rings is 1. The van der Waals surface area contributed by atoms with Gasteiger partial charge in [-0.05, 0) is 23.8 Å². The maximum atomic E-state index is 11.5. The van der Waals surface area contributed by atoms with Crippen LogP contribution in [0.3, 0.4) is 0 Å². The normalized spacial score (nSPS) is 16.7. The molecule has 21 heavy (non-hydrogen) atoms. The third kappa shape index (κ3) is 2.12. The van der Waals surface area contributed by atoms with Crippen molar-refractivity contribution in [2.24, 2.45) is 0 Å². The molecule has 4 rings (SSSR count). The third-order valence-electron chi connectivity index (χ3n) is 3.50. The van der Waals surface area contributed by atoms with E-state index in [-0.39, 0.29) is 11.8 Å². The van der Waals surface area contributed by atoms with E-state index in [1.165, 1.54) is 10.1 Å². The van der Waals surface area contributed by atoms with Gasteiger partial charge in [0.25, 0.3) is 0 Å². The summed E-state index contributed by atoms with van der Waals surface area (Å²) in [6, 6.07) is 11.6. The number of hydrogen-bond acceptors (Lipinski definition) is 5. The second kappa shape index (κ2) is 4.62. The highest BCUT2D eigenvalue weighted by Crippen LogP contribution is 2.28. The Morgan fingerprint density at radius 3 is 3.14 bits per heavy atom. The molecule has 0 spiro atoms. The lowest BCUT2D eigenvalue weighted by molar-refractivity contribution is 0.246. The summed E-state index contributed by atoms with van der Waals surface area (Å²) >= 11 is 0. The number of nitrogens with zero attached hydrogens (tertiary/aromatic N) is 3. The van der Waals surface area contributed by atoms with E-state index in [1.54, 1.807) is 12.1 Å². The number of H-pyrrole nitrogens is 1. The molecule has 1 atom stereocenters. The van der Waals surface area contributed by atoms with Crippen LogP contribution in [-0.2, 0) is 6.42 Å². The highest BCUT2D eigenvalue weighted by atomic mass is 16.5. The summed E-state index contributed by atoms with van der Waals surface area (Å²) in [5, 5.41) is 13.6. The van der Waals surface area contributed by atoms with Gasteiger partial charge in [0.2, 0.25) is 0 Å². The number of fused-ring (bicyclic) bond motifs is 2. The predicted octanol–water partition coefficient (Wildman–Crippen LogP) is 0.833. The van der Waals surface area contributed by atoms with Crippen molar-refractivity contribution in [1.82, 2.24) is 19.8 Å². The van der Waals surface area contributed by atoms with Gasteiger partial charge in [0.05, 0.1) is 6.54 Å². The van der Waals surface area contributed by atoms with Crippen LogP contribution in [-0.4, -0.2) is 32.5 Å². The lowest BCUT2D eigenvalue weighted by atomic mass is 10.1. The van der Waals surface area contributed by atoms with Gasteiger partial charge in [0.15, 0.2) is 5.65 Å². The summed E-state index contributed by atoms with van der Waals surface area (Å²) in [7, 11) is 0. The van der Waals surface area contributed by atoms with E-state index in [0.717, 1.165) is 12.2 Å². The zero-order chi connectivity index (χ0) is 14.2. The third-order valence-corrected chi connectivity index (χ3v) is 3.50. The summed E-state index contributed by atoms with van der Waals surface area (Å²) in [5.41, 5.74) is 1.37. The highest BCUT2D eigenvalue weighted by molar-refractivity contribution is 5.43. The standard InChI is InChI=1S/C14H13N5O2/c20-14-17-16-13-6-5-12(18-19(13)14)15-8-10-7-9-3-1-2-4-11(9)21-10/h1-6,10H,7-8H2,(H,15,18)(H,17,20). The Kier molecular flexibility index (Phi) is 2.63. The van der Waals surface area contributed by atoms with E-state index in [4.69, 9.17) is 4.74 Å². The molecule has 2 aromatic heterocycles. The zero-order valence-corrected chi connectivity index (χ0v) is 11.1. The van der Waals surface area contributed by atoms with Gasteiger partial charge in [-0.3, -0.25) is 0 Å². The van der Waals surface area contributed by atoms with Crippen molar-refractivity contribution in [2.75, 3.05) is 11.9 Å². The lowest BCUT2D eigenvalue weighted by Crippen LogP contribution is -2.25. The molecule has 0 radical (unpaired) electrons. The fourth-order valence-corrected chi connectivity index (χ4v) is 2.48. The number of ether oxygens (including phenoxy) is 1. The average Bonchev–Trinajstić information content (AvgIpc) is 3.09. The molecule has 7 heteroatoms. The SMILES string of the molecule is O=c1[nH]nc2ccc(NCC3Cc4ccccc4O3)nn12. The van der Waals surface area contributed by atoms with E-state index in [1.807, 2.05) is 18.2 Å². The van der Waals surface area contributed by atoms with E-state index in [9.17, 15) is 4.79 Å². The molecule has 0 fully saturated rings. The molecule has 0 bridgehead atoms. The Morgan fingerprint density at radius 2 is 2.24 bits per heavy atom. The van der Waals surface area contributed by atoms with Gasteiger partial charge in [-0.2, -0.15) is 9.61 Å². The van der Waals surface area contributed by atoms with Gasteiger partial charge in [0.1, 0.15) is 17.7 Å². The first-order chi connectivity index (χ1) is 10.3. The topological polar surface area (TPSA) is 84.3 Å². The molecular formula is C14H13N5O2. The Bertz CT molecular complexity index is 829. The fourth-order valence-electron chi connectivity index (χ4n) is 2.48. The van der Waals surface area contributed by atoms with E-state index < -0.39 is 0 Å². The number of hydrogen-bond donors (Lipinski definition) is 2. The molecule has 0 saturated heterocycles. The summed E-state index contributed by atoms with van der Waals surface area (Å²) in [5.74, 6) is 1.56. The smallest absolute Gasteiger partial charge is 0.364 e. The van der Waals surface area contributed by atoms with Crippen LogP contribution in [0.25, 0.3) is 5.65 Å². The minimum absolute atomic E-state index is 0.0703. The Labute approximate surface area is 119 Å². The minimum atomic E-state index is -0.349. The van der Waals surface area contributed by atoms with Crippen molar-refractivity contribution in [2.45, 2.75) is 12.5 Å². The number of nitrogens with one attached hydrogen (secondary N) is 2. The van der Waals surface area contributed by atoms with Crippen LogP contribution in [0.1, 0.15) is 5.56 Å². The molecular weight excluding hydrogens is 270 g/mol. The van der Waals surface area contributed by atoms with Crippen LogP contribution in [0, 0.1) is 0 Å².